The Hall–Kier alpha value is -1.48. The highest BCUT2D eigenvalue weighted by Gasteiger charge is 2.46. The lowest BCUT2D eigenvalue weighted by Crippen LogP contribution is -2.55. The summed E-state index contributed by atoms with van der Waals surface area (Å²) in [5.41, 5.74) is 0. The van der Waals surface area contributed by atoms with Crippen LogP contribution >= 0.6 is 11.8 Å². The highest BCUT2D eigenvalue weighted by Crippen LogP contribution is 2.42. The third-order valence-corrected chi connectivity index (χ3v) is 8.31. The van der Waals surface area contributed by atoms with E-state index in [1.165, 1.54) is 7.11 Å². The molecule has 1 saturated carbocycles. The summed E-state index contributed by atoms with van der Waals surface area (Å²) >= 11 is 1.82. The fraction of sp³-hybridized carbons (Fsp3) is 0.870. The van der Waals surface area contributed by atoms with E-state index in [0.29, 0.717) is 49.2 Å². The predicted octanol–water partition coefficient (Wildman–Crippen LogP) is 2.79. The summed E-state index contributed by atoms with van der Waals surface area (Å²) in [6.07, 6.45) is 6.19. The van der Waals surface area contributed by atoms with Gasteiger partial charge in [0.2, 0.25) is 0 Å². The molecule has 8 nitrogen and oxygen atoms in total. The Morgan fingerprint density at radius 3 is 2.22 bits per heavy atom. The molecule has 1 aliphatic carbocycles. The molecule has 6 atom stereocenters. The van der Waals surface area contributed by atoms with Crippen molar-refractivity contribution in [3.63, 3.8) is 0 Å². The van der Waals surface area contributed by atoms with Crippen LogP contribution in [0.3, 0.4) is 0 Å². The highest BCUT2D eigenvalue weighted by atomic mass is 32.2. The zero-order chi connectivity index (χ0) is 23.3. The lowest BCUT2D eigenvalue weighted by molar-refractivity contribution is -0.153. The Kier molecular flexibility index (Phi) is 9.11. The standard InChI is InChI=1S/C23H38N2O6S/c1-5-30-21(26)19-11-18(32-4)14-24(19)12-15-7-8-16-13-25(23(28)29-3)20(10-17(16)9-15)22(27)31-6-2/h15-20H,5-14H2,1-4H3/t15?,16?,17?,18-,19-,20?/m0/s1. The molecule has 2 aliphatic heterocycles. The highest BCUT2D eigenvalue weighted by molar-refractivity contribution is 7.99. The van der Waals surface area contributed by atoms with Crippen molar-refractivity contribution >= 4 is 29.8 Å². The van der Waals surface area contributed by atoms with Crippen LogP contribution in [0.2, 0.25) is 0 Å². The van der Waals surface area contributed by atoms with Gasteiger partial charge in [-0.15, -0.1) is 0 Å². The molecule has 3 fully saturated rings. The van der Waals surface area contributed by atoms with Gasteiger partial charge in [0, 0.05) is 24.9 Å². The average molecular weight is 471 g/mol. The number of rotatable bonds is 7. The van der Waals surface area contributed by atoms with Gasteiger partial charge in [0.1, 0.15) is 12.1 Å². The van der Waals surface area contributed by atoms with Gasteiger partial charge < -0.3 is 14.2 Å². The summed E-state index contributed by atoms with van der Waals surface area (Å²) in [4.78, 5) is 41.3. The molecular formula is C23H38N2O6S. The quantitative estimate of drug-likeness (QED) is 0.415. The monoisotopic (exact) mass is 470 g/mol. The molecule has 4 unspecified atom stereocenters. The van der Waals surface area contributed by atoms with Gasteiger partial charge in [-0.1, -0.05) is 0 Å². The smallest absolute Gasteiger partial charge is 0.410 e. The van der Waals surface area contributed by atoms with Crippen molar-refractivity contribution in [3.8, 4) is 0 Å². The van der Waals surface area contributed by atoms with Crippen molar-refractivity contribution in [2.24, 2.45) is 17.8 Å². The SMILES string of the molecule is CCOC(=O)C1CC2CC(CN3C[C@@H](SC)C[C@H]3C(=O)OCC)CCC2CN1C(=O)OC. The van der Waals surface area contributed by atoms with Gasteiger partial charge in [-0.2, -0.15) is 11.8 Å². The topological polar surface area (TPSA) is 85.4 Å². The third-order valence-electron chi connectivity index (χ3n) is 7.30. The average Bonchev–Trinajstić information content (AvgIpc) is 3.21. The molecule has 0 N–H and O–H groups in total. The Labute approximate surface area is 195 Å². The summed E-state index contributed by atoms with van der Waals surface area (Å²) in [5.74, 6) is 0.759. The number of piperidine rings is 1. The Bertz CT molecular complexity index is 677. The van der Waals surface area contributed by atoms with Crippen LogP contribution in [0.25, 0.3) is 0 Å². The second kappa shape index (κ2) is 11.6. The predicted molar refractivity (Wildman–Crippen MR) is 122 cm³/mol. The zero-order valence-electron chi connectivity index (χ0n) is 19.8. The second-order valence-corrected chi connectivity index (χ2v) is 10.3. The number of hydrogen-bond donors (Lipinski definition) is 0. The molecule has 2 heterocycles. The molecule has 0 aromatic heterocycles. The number of amides is 1. The number of thioether (sulfide) groups is 1. The molecule has 1 amide bonds. The Balaban J connectivity index is 1.65. The van der Waals surface area contributed by atoms with Gasteiger partial charge >= 0.3 is 18.0 Å². The number of hydrogen-bond acceptors (Lipinski definition) is 8. The van der Waals surface area contributed by atoms with Crippen LogP contribution in [0.1, 0.15) is 46.0 Å². The maximum atomic E-state index is 12.6. The molecule has 3 rings (SSSR count). The van der Waals surface area contributed by atoms with Crippen LogP contribution in [-0.2, 0) is 23.8 Å². The van der Waals surface area contributed by atoms with Crippen LogP contribution in [0, 0.1) is 17.8 Å². The van der Waals surface area contributed by atoms with E-state index in [9.17, 15) is 14.4 Å². The van der Waals surface area contributed by atoms with E-state index in [-0.39, 0.29) is 18.0 Å². The maximum Gasteiger partial charge on any atom is 0.410 e. The maximum absolute atomic E-state index is 12.6. The lowest BCUT2D eigenvalue weighted by Gasteiger charge is -2.46. The first kappa shape index (κ1) is 25.1. The molecule has 9 heteroatoms. The van der Waals surface area contributed by atoms with Crippen LogP contribution < -0.4 is 0 Å². The fourth-order valence-electron chi connectivity index (χ4n) is 5.74. The summed E-state index contributed by atoms with van der Waals surface area (Å²) in [6, 6.07) is -0.735. The molecule has 182 valence electrons. The molecular weight excluding hydrogens is 432 g/mol. The normalized spacial score (nSPS) is 32.8. The van der Waals surface area contributed by atoms with Crippen molar-refractivity contribution < 1.29 is 28.6 Å². The van der Waals surface area contributed by atoms with E-state index < -0.39 is 12.1 Å². The molecule has 32 heavy (non-hydrogen) atoms. The molecule has 0 bridgehead atoms. The molecule has 0 radical (unpaired) electrons. The summed E-state index contributed by atoms with van der Waals surface area (Å²) < 4.78 is 15.5. The molecule has 0 spiro atoms. The van der Waals surface area contributed by atoms with Crippen LogP contribution in [0.4, 0.5) is 4.79 Å². The largest absolute Gasteiger partial charge is 0.465 e. The van der Waals surface area contributed by atoms with Gasteiger partial charge in [0.25, 0.3) is 0 Å². The van der Waals surface area contributed by atoms with Crippen molar-refractivity contribution in [1.82, 2.24) is 9.80 Å². The van der Waals surface area contributed by atoms with E-state index in [4.69, 9.17) is 14.2 Å². The van der Waals surface area contributed by atoms with Crippen molar-refractivity contribution in [1.29, 1.82) is 0 Å². The van der Waals surface area contributed by atoms with Crippen molar-refractivity contribution in [2.45, 2.75) is 63.3 Å². The first-order chi connectivity index (χ1) is 15.4. The van der Waals surface area contributed by atoms with Crippen LogP contribution in [0.15, 0.2) is 0 Å². The molecule has 0 aromatic carbocycles. The van der Waals surface area contributed by atoms with Gasteiger partial charge in [-0.25, -0.2) is 9.59 Å². The van der Waals surface area contributed by atoms with Crippen LogP contribution in [-0.4, -0.2) is 91.4 Å². The van der Waals surface area contributed by atoms with Gasteiger partial charge in [0.05, 0.1) is 20.3 Å². The summed E-state index contributed by atoms with van der Waals surface area (Å²) in [7, 11) is 1.35. The zero-order valence-corrected chi connectivity index (χ0v) is 20.6. The first-order valence-electron chi connectivity index (χ1n) is 11.9. The second-order valence-electron chi connectivity index (χ2n) is 9.14. The van der Waals surface area contributed by atoms with Gasteiger partial charge in [-0.05, 0) is 70.0 Å². The number of methoxy groups -OCH3 is 1. The van der Waals surface area contributed by atoms with Crippen molar-refractivity contribution in [2.75, 3.05) is 46.2 Å². The number of carbonyl (C=O) groups excluding carboxylic acids is 3. The number of nitrogens with zero attached hydrogens (tertiary/aromatic N) is 2. The number of ether oxygens (including phenoxy) is 3. The first-order valence-corrected chi connectivity index (χ1v) is 13.1. The minimum Gasteiger partial charge on any atom is -0.465 e. The van der Waals surface area contributed by atoms with E-state index in [1.807, 2.05) is 18.7 Å². The van der Waals surface area contributed by atoms with Crippen molar-refractivity contribution in [3.05, 3.63) is 0 Å². The van der Waals surface area contributed by atoms with Crippen LogP contribution in [0.5, 0.6) is 0 Å². The molecule has 2 saturated heterocycles. The number of carbonyl (C=O) groups is 3. The Morgan fingerprint density at radius 1 is 0.906 bits per heavy atom. The molecule has 3 aliphatic rings. The van der Waals surface area contributed by atoms with E-state index >= 15 is 0 Å². The minimum absolute atomic E-state index is 0.105. The summed E-state index contributed by atoms with van der Waals surface area (Å²) in [5, 5.41) is 0.456. The lowest BCUT2D eigenvalue weighted by atomic mass is 9.69. The van der Waals surface area contributed by atoms with Gasteiger partial charge in [0.15, 0.2) is 0 Å². The third kappa shape index (κ3) is 5.71. The number of fused-ring (bicyclic) bond motifs is 1. The number of likely N-dealkylation sites (tertiary alicyclic amines) is 2. The fourth-order valence-corrected chi connectivity index (χ4v) is 6.46. The van der Waals surface area contributed by atoms with Gasteiger partial charge in [-0.3, -0.25) is 14.6 Å². The minimum atomic E-state index is -0.581. The van der Waals surface area contributed by atoms with E-state index in [1.54, 1.807) is 11.8 Å². The van der Waals surface area contributed by atoms with E-state index in [0.717, 1.165) is 38.8 Å². The number of esters is 2. The summed E-state index contributed by atoms with van der Waals surface area (Å²) in [6.45, 7) is 6.67. The molecule has 0 aromatic rings. The Morgan fingerprint density at radius 2 is 1.59 bits per heavy atom. The van der Waals surface area contributed by atoms with E-state index in [2.05, 4.69) is 11.2 Å².